The summed E-state index contributed by atoms with van der Waals surface area (Å²) in [4.78, 5) is 64.1. The highest BCUT2D eigenvalue weighted by atomic mass is 16.7. The van der Waals surface area contributed by atoms with Crippen molar-refractivity contribution in [1.29, 1.82) is 0 Å². The number of nitrogens with zero attached hydrogens (tertiary/aromatic N) is 2. The number of carboxylic acids is 3. The van der Waals surface area contributed by atoms with E-state index in [9.17, 15) is 24.0 Å². The standard InChI is InChI=1S/C25H32N2O4.C6H8O7/c1-20(23-12-8-5-9-13-23)18-26-16-14-25(15-17-26,24(29)30-3)27(21(2)28)31-19-22-10-6-4-7-11-22;7-3(8)1-6(13,5(11)12)2-4(9)10/h4-13,20H,14-19H2,1-3H3;13H,1-2H2,(H,7,8)(H,9,10)(H,11,12). The molecule has 44 heavy (non-hydrogen) atoms. The monoisotopic (exact) mass is 616 g/mol. The van der Waals surface area contributed by atoms with Crippen LogP contribution in [0, 0.1) is 0 Å². The van der Waals surface area contributed by atoms with Crippen LogP contribution in [0.5, 0.6) is 0 Å². The van der Waals surface area contributed by atoms with Crippen molar-refractivity contribution in [3.8, 4) is 0 Å². The molecule has 13 heteroatoms. The minimum Gasteiger partial charge on any atom is -0.481 e. The number of methoxy groups -OCH3 is 1. The van der Waals surface area contributed by atoms with E-state index in [-0.39, 0.29) is 12.5 Å². The Morgan fingerprint density at radius 1 is 0.909 bits per heavy atom. The molecule has 1 fully saturated rings. The molecular weight excluding hydrogens is 576 g/mol. The minimum absolute atomic E-state index is 0.216. The Kier molecular flexibility index (Phi) is 13.4. The first kappa shape index (κ1) is 35.9. The van der Waals surface area contributed by atoms with E-state index in [2.05, 4.69) is 36.1 Å². The molecule has 240 valence electrons. The fraction of sp³-hybridized carbons (Fsp3) is 0.452. The minimum atomic E-state index is -2.74. The van der Waals surface area contributed by atoms with Gasteiger partial charge in [-0.3, -0.25) is 19.2 Å². The van der Waals surface area contributed by atoms with Gasteiger partial charge in [0.1, 0.15) is 6.61 Å². The first-order valence-electron chi connectivity index (χ1n) is 14.0. The zero-order chi connectivity index (χ0) is 32.9. The highest BCUT2D eigenvalue weighted by Crippen LogP contribution is 2.33. The van der Waals surface area contributed by atoms with Crippen LogP contribution in [0.2, 0.25) is 0 Å². The van der Waals surface area contributed by atoms with Crippen LogP contribution in [0.1, 0.15) is 56.6 Å². The average Bonchev–Trinajstić information content (AvgIpc) is 2.98. The fourth-order valence-corrected chi connectivity index (χ4v) is 5.00. The number of aliphatic carboxylic acids is 3. The van der Waals surface area contributed by atoms with Crippen molar-refractivity contribution in [2.45, 2.75) is 63.2 Å². The average molecular weight is 617 g/mol. The molecule has 13 nitrogen and oxygen atoms in total. The molecule has 0 radical (unpaired) electrons. The van der Waals surface area contributed by atoms with E-state index in [0.29, 0.717) is 31.8 Å². The van der Waals surface area contributed by atoms with Gasteiger partial charge in [-0.25, -0.2) is 14.7 Å². The summed E-state index contributed by atoms with van der Waals surface area (Å²) in [5.74, 6) is -5.36. The highest BCUT2D eigenvalue weighted by Gasteiger charge is 2.50. The van der Waals surface area contributed by atoms with Gasteiger partial charge < -0.3 is 30.1 Å². The number of piperidine rings is 1. The summed E-state index contributed by atoms with van der Waals surface area (Å²) in [6.07, 6.45) is -1.35. The number of hydroxylamine groups is 2. The first-order chi connectivity index (χ1) is 20.7. The van der Waals surface area contributed by atoms with Crippen LogP contribution in [0.25, 0.3) is 0 Å². The van der Waals surface area contributed by atoms with E-state index < -0.39 is 47.9 Å². The third-order valence-corrected chi connectivity index (χ3v) is 7.31. The second-order valence-electron chi connectivity index (χ2n) is 10.7. The molecule has 4 N–H and O–H groups in total. The predicted molar refractivity (Wildman–Crippen MR) is 156 cm³/mol. The van der Waals surface area contributed by atoms with Gasteiger partial charge in [-0.15, -0.1) is 0 Å². The van der Waals surface area contributed by atoms with E-state index in [1.54, 1.807) is 0 Å². The van der Waals surface area contributed by atoms with E-state index >= 15 is 0 Å². The Labute approximate surface area is 255 Å². The molecule has 2 aromatic carbocycles. The van der Waals surface area contributed by atoms with Crippen LogP contribution in [0.4, 0.5) is 0 Å². The molecule has 1 unspecified atom stereocenters. The van der Waals surface area contributed by atoms with Gasteiger partial charge in [-0.1, -0.05) is 67.6 Å². The Morgan fingerprint density at radius 3 is 1.84 bits per heavy atom. The quantitative estimate of drug-likeness (QED) is 0.190. The lowest BCUT2D eigenvalue weighted by Crippen LogP contribution is -2.61. The second kappa shape index (κ2) is 16.5. The Morgan fingerprint density at radius 2 is 1.41 bits per heavy atom. The van der Waals surface area contributed by atoms with Crippen LogP contribution in [0.3, 0.4) is 0 Å². The molecule has 0 aliphatic carbocycles. The number of esters is 1. The maximum Gasteiger partial charge on any atom is 0.336 e. The van der Waals surface area contributed by atoms with Crippen molar-refractivity contribution in [3.63, 3.8) is 0 Å². The molecule has 0 bridgehead atoms. The lowest BCUT2D eigenvalue weighted by Gasteiger charge is -2.45. The number of carbonyl (C=O) groups excluding carboxylic acids is 2. The summed E-state index contributed by atoms with van der Waals surface area (Å²) in [5, 5.41) is 35.1. The molecule has 0 aromatic heterocycles. The molecule has 1 aliphatic rings. The van der Waals surface area contributed by atoms with Crippen molar-refractivity contribution in [2.75, 3.05) is 26.7 Å². The SMILES string of the molecule is COC(=O)C1(N(OCc2ccccc2)C(C)=O)CCN(CC(C)c2ccccc2)CC1.O=C(O)CC(O)(CC(=O)O)C(=O)O. The van der Waals surface area contributed by atoms with E-state index in [4.69, 9.17) is 30.0 Å². The van der Waals surface area contributed by atoms with Crippen LogP contribution >= 0.6 is 0 Å². The van der Waals surface area contributed by atoms with Crippen LogP contribution in [0.15, 0.2) is 60.7 Å². The molecule has 1 saturated heterocycles. The number of aliphatic hydroxyl groups is 1. The van der Waals surface area contributed by atoms with Crippen LogP contribution < -0.4 is 0 Å². The molecule has 1 aliphatic heterocycles. The topological polar surface area (TPSA) is 191 Å². The van der Waals surface area contributed by atoms with Gasteiger partial charge in [0.15, 0.2) is 11.1 Å². The van der Waals surface area contributed by atoms with Gasteiger partial charge in [0, 0.05) is 26.6 Å². The van der Waals surface area contributed by atoms with Crippen LogP contribution in [-0.2, 0) is 40.2 Å². The summed E-state index contributed by atoms with van der Waals surface area (Å²) >= 11 is 0. The van der Waals surface area contributed by atoms with Gasteiger partial charge in [0.25, 0.3) is 0 Å². The molecule has 3 rings (SSSR count). The lowest BCUT2D eigenvalue weighted by molar-refractivity contribution is -0.240. The normalized spacial score (nSPS) is 15.2. The van der Waals surface area contributed by atoms with Crippen molar-refractivity contribution in [3.05, 3.63) is 71.8 Å². The Bertz CT molecular complexity index is 1250. The van der Waals surface area contributed by atoms with Gasteiger partial charge in [0.2, 0.25) is 5.91 Å². The maximum atomic E-state index is 12.9. The summed E-state index contributed by atoms with van der Waals surface area (Å²) in [5.41, 5.74) is -1.62. The number of amides is 1. The number of carbonyl (C=O) groups is 5. The second-order valence-corrected chi connectivity index (χ2v) is 10.7. The summed E-state index contributed by atoms with van der Waals surface area (Å²) in [6, 6.07) is 20.0. The number of rotatable bonds is 13. The summed E-state index contributed by atoms with van der Waals surface area (Å²) < 4.78 is 5.13. The molecule has 0 saturated carbocycles. The summed E-state index contributed by atoms with van der Waals surface area (Å²) in [6.45, 7) is 6.12. The van der Waals surface area contributed by atoms with Crippen molar-refractivity contribution < 1.29 is 54.0 Å². The first-order valence-corrected chi connectivity index (χ1v) is 14.0. The lowest BCUT2D eigenvalue weighted by atomic mass is 9.86. The van der Waals surface area contributed by atoms with Gasteiger partial charge in [-0.05, 0) is 29.9 Å². The number of benzene rings is 2. The van der Waals surface area contributed by atoms with Crippen molar-refractivity contribution in [2.24, 2.45) is 0 Å². The number of ether oxygens (including phenoxy) is 1. The third-order valence-electron chi connectivity index (χ3n) is 7.31. The number of carboxylic acid groups (broad SMARTS) is 3. The molecule has 1 atom stereocenters. The van der Waals surface area contributed by atoms with E-state index in [1.165, 1.54) is 24.7 Å². The number of hydrogen-bond acceptors (Lipinski definition) is 9. The van der Waals surface area contributed by atoms with E-state index in [0.717, 1.165) is 12.1 Å². The molecule has 1 amide bonds. The smallest absolute Gasteiger partial charge is 0.336 e. The van der Waals surface area contributed by atoms with E-state index in [1.807, 2.05) is 36.4 Å². The Hall–Kier alpha value is -4.33. The number of likely N-dealkylation sites (tertiary alicyclic amines) is 1. The fourth-order valence-electron chi connectivity index (χ4n) is 5.00. The van der Waals surface area contributed by atoms with Gasteiger partial charge in [0.05, 0.1) is 20.0 Å². The zero-order valence-electron chi connectivity index (χ0n) is 25.0. The zero-order valence-corrected chi connectivity index (χ0v) is 25.0. The largest absolute Gasteiger partial charge is 0.481 e. The Balaban J connectivity index is 0.000000439. The van der Waals surface area contributed by atoms with Crippen LogP contribution in [-0.4, -0.2) is 98.1 Å². The third kappa shape index (κ3) is 10.1. The van der Waals surface area contributed by atoms with Crippen molar-refractivity contribution >= 4 is 29.8 Å². The molecular formula is C31H40N2O11. The highest BCUT2D eigenvalue weighted by molar-refractivity contribution is 5.88. The molecule has 2 aromatic rings. The predicted octanol–water partition coefficient (Wildman–Crippen LogP) is 2.53. The van der Waals surface area contributed by atoms with Gasteiger partial charge in [-0.2, -0.15) is 0 Å². The number of hydrogen-bond donors (Lipinski definition) is 4. The van der Waals surface area contributed by atoms with Crippen molar-refractivity contribution in [1.82, 2.24) is 9.96 Å². The summed E-state index contributed by atoms with van der Waals surface area (Å²) in [7, 11) is 1.36. The molecule has 1 heterocycles. The maximum absolute atomic E-state index is 12.9. The molecule has 0 spiro atoms. The van der Waals surface area contributed by atoms with Gasteiger partial charge >= 0.3 is 23.9 Å².